The molecule has 0 unspecified atom stereocenters. The third-order valence-corrected chi connectivity index (χ3v) is 6.76. The predicted octanol–water partition coefficient (Wildman–Crippen LogP) is 7.94. The molecule has 6 aromatic rings. The molecule has 6 rings (SSSR count). The van der Waals surface area contributed by atoms with E-state index in [4.69, 9.17) is 4.98 Å². The smallest absolute Gasteiger partial charge is 0.0722 e. The molecular formula is C27H17NS. The van der Waals surface area contributed by atoms with Crippen molar-refractivity contribution in [2.75, 3.05) is 0 Å². The van der Waals surface area contributed by atoms with Crippen molar-refractivity contribution in [1.29, 1.82) is 0 Å². The van der Waals surface area contributed by atoms with Crippen molar-refractivity contribution in [1.82, 2.24) is 4.98 Å². The summed E-state index contributed by atoms with van der Waals surface area (Å²) in [6.45, 7) is 0. The number of rotatable bonds is 2. The monoisotopic (exact) mass is 387 g/mol. The van der Waals surface area contributed by atoms with Crippen LogP contribution in [-0.4, -0.2) is 4.98 Å². The minimum absolute atomic E-state index is 1.02. The SMILES string of the molecule is c1ccc2c(-c3ccnc(-c4cccc5c4sc4ccccc45)c3)cccc2c1. The number of benzene rings is 4. The molecule has 0 aliphatic carbocycles. The molecule has 0 amide bonds. The van der Waals surface area contributed by atoms with Crippen molar-refractivity contribution in [2.45, 2.75) is 0 Å². The number of pyridine rings is 1. The molecule has 2 heterocycles. The van der Waals surface area contributed by atoms with Gasteiger partial charge in [-0.3, -0.25) is 4.98 Å². The zero-order chi connectivity index (χ0) is 19.2. The maximum absolute atomic E-state index is 4.74. The van der Waals surface area contributed by atoms with Crippen LogP contribution >= 0.6 is 11.3 Å². The Bertz CT molecular complexity index is 1500. The number of thiophene rings is 1. The molecule has 0 aliphatic rings. The normalized spacial score (nSPS) is 11.4. The molecular weight excluding hydrogens is 370 g/mol. The molecule has 2 aromatic heterocycles. The summed E-state index contributed by atoms with van der Waals surface area (Å²) in [5.74, 6) is 0. The number of fused-ring (bicyclic) bond motifs is 4. The largest absolute Gasteiger partial charge is 0.256 e. The van der Waals surface area contributed by atoms with Gasteiger partial charge in [-0.15, -0.1) is 11.3 Å². The molecule has 0 N–H and O–H groups in total. The van der Waals surface area contributed by atoms with Crippen LogP contribution in [0.4, 0.5) is 0 Å². The van der Waals surface area contributed by atoms with E-state index in [0.717, 1.165) is 5.69 Å². The van der Waals surface area contributed by atoms with E-state index in [0.29, 0.717) is 0 Å². The Balaban J connectivity index is 1.58. The summed E-state index contributed by atoms with van der Waals surface area (Å²) in [6.07, 6.45) is 1.93. The van der Waals surface area contributed by atoms with E-state index in [9.17, 15) is 0 Å². The molecule has 2 heteroatoms. The first-order valence-corrected chi connectivity index (χ1v) is 10.5. The standard InChI is InChI=1S/C27H17NS/c1-2-9-20-18(7-1)8-5-11-21(20)19-15-16-28-25(17-19)24-13-6-12-23-22-10-3-4-14-26(22)29-27(23)24/h1-17H. The molecule has 136 valence electrons. The van der Waals surface area contributed by atoms with E-state index < -0.39 is 0 Å². The van der Waals surface area contributed by atoms with E-state index in [2.05, 4.69) is 97.1 Å². The van der Waals surface area contributed by atoms with Gasteiger partial charge in [-0.1, -0.05) is 78.9 Å². The van der Waals surface area contributed by atoms with Gasteiger partial charge in [-0.25, -0.2) is 0 Å². The quantitative estimate of drug-likeness (QED) is 0.294. The average Bonchev–Trinajstić information content (AvgIpc) is 3.18. The van der Waals surface area contributed by atoms with Crippen LogP contribution in [0.25, 0.3) is 53.3 Å². The Labute approximate surface area is 172 Å². The van der Waals surface area contributed by atoms with Crippen LogP contribution in [0.5, 0.6) is 0 Å². The van der Waals surface area contributed by atoms with Gasteiger partial charge >= 0.3 is 0 Å². The summed E-state index contributed by atoms with van der Waals surface area (Å²) >= 11 is 1.85. The van der Waals surface area contributed by atoms with E-state index in [1.165, 1.54) is 47.6 Å². The number of nitrogens with zero attached hydrogens (tertiary/aromatic N) is 1. The van der Waals surface area contributed by atoms with Crippen molar-refractivity contribution in [3.63, 3.8) is 0 Å². The molecule has 0 atom stereocenters. The van der Waals surface area contributed by atoms with Crippen molar-refractivity contribution in [3.05, 3.63) is 103 Å². The second-order valence-electron chi connectivity index (χ2n) is 7.24. The Morgan fingerprint density at radius 3 is 2.28 bits per heavy atom. The highest BCUT2D eigenvalue weighted by Crippen LogP contribution is 2.40. The average molecular weight is 388 g/mol. The highest BCUT2D eigenvalue weighted by atomic mass is 32.1. The zero-order valence-corrected chi connectivity index (χ0v) is 16.5. The van der Waals surface area contributed by atoms with Crippen LogP contribution in [-0.2, 0) is 0 Å². The fourth-order valence-electron chi connectivity index (χ4n) is 4.17. The summed E-state index contributed by atoms with van der Waals surface area (Å²) in [5, 5.41) is 5.15. The fourth-order valence-corrected chi connectivity index (χ4v) is 5.40. The van der Waals surface area contributed by atoms with Crippen molar-refractivity contribution < 1.29 is 0 Å². The zero-order valence-electron chi connectivity index (χ0n) is 15.7. The molecule has 0 saturated heterocycles. The first-order chi connectivity index (χ1) is 14.4. The Hall–Kier alpha value is -3.49. The van der Waals surface area contributed by atoms with Gasteiger partial charge < -0.3 is 0 Å². The third kappa shape index (κ3) is 2.65. The Morgan fingerprint density at radius 2 is 1.31 bits per heavy atom. The minimum Gasteiger partial charge on any atom is -0.256 e. The number of aromatic nitrogens is 1. The molecule has 0 aliphatic heterocycles. The summed E-state index contributed by atoms with van der Waals surface area (Å²) in [5.41, 5.74) is 4.67. The van der Waals surface area contributed by atoms with Crippen LogP contribution in [0.1, 0.15) is 0 Å². The van der Waals surface area contributed by atoms with Crippen molar-refractivity contribution in [2.24, 2.45) is 0 Å². The fraction of sp³-hybridized carbons (Fsp3) is 0. The lowest BCUT2D eigenvalue weighted by atomic mass is 9.97. The van der Waals surface area contributed by atoms with Crippen molar-refractivity contribution >= 4 is 42.3 Å². The predicted molar refractivity (Wildman–Crippen MR) is 126 cm³/mol. The lowest BCUT2D eigenvalue weighted by Crippen LogP contribution is -1.87. The summed E-state index contributed by atoms with van der Waals surface area (Å²) in [6, 6.07) is 34.5. The minimum atomic E-state index is 1.02. The Morgan fingerprint density at radius 1 is 0.586 bits per heavy atom. The molecule has 0 fully saturated rings. The Kier molecular flexibility index (Phi) is 3.71. The molecule has 0 spiro atoms. The van der Waals surface area contributed by atoms with E-state index >= 15 is 0 Å². The van der Waals surface area contributed by atoms with Crippen LogP contribution in [0.2, 0.25) is 0 Å². The first kappa shape index (κ1) is 16.5. The maximum atomic E-state index is 4.74. The van der Waals surface area contributed by atoms with E-state index in [1.807, 2.05) is 17.5 Å². The van der Waals surface area contributed by atoms with Gasteiger partial charge in [-0.05, 0) is 40.1 Å². The van der Waals surface area contributed by atoms with Crippen LogP contribution in [0, 0.1) is 0 Å². The maximum Gasteiger partial charge on any atom is 0.0722 e. The summed E-state index contributed by atoms with van der Waals surface area (Å²) < 4.78 is 2.62. The molecule has 0 bridgehead atoms. The van der Waals surface area contributed by atoms with Gasteiger partial charge in [0.25, 0.3) is 0 Å². The van der Waals surface area contributed by atoms with Crippen LogP contribution < -0.4 is 0 Å². The van der Waals surface area contributed by atoms with Gasteiger partial charge in [0.2, 0.25) is 0 Å². The van der Waals surface area contributed by atoms with Crippen LogP contribution in [0.15, 0.2) is 103 Å². The molecule has 4 aromatic carbocycles. The lowest BCUT2D eigenvalue weighted by Gasteiger charge is -2.09. The summed E-state index contributed by atoms with van der Waals surface area (Å²) in [7, 11) is 0. The second kappa shape index (κ2) is 6.54. The molecule has 0 radical (unpaired) electrons. The van der Waals surface area contributed by atoms with Gasteiger partial charge in [0.05, 0.1) is 5.69 Å². The molecule has 0 saturated carbocycles. The topological polar surface area (TPSA) is 12.9 Å². The highest BCUT2D eigenvalue weighted by molar-refractivity contribution is 7.26. The van der Waals surface area contributed by atoms with Crippen LogP contribution in [0.3, 0.4) is 0 Å². The van der Waals surface area contributed by atoms with Crippen molar-refractivity contribution in [3.8, 4) is 22.4 Å². The second-order valence-corrected chi connectivity index (χ2v) is 8.29. The number of hydrogen-bond acceptors (Lipinski definition) is 2. The van der Waals surface area contributed by atoms with Gasteiger partial charge in [0, 0.05) is 31.9 Å². The number of hydrogen-bond donors (Lipinski definition) is 0. The van der Waals surface area contributed by atoms with Gasteiger partial charge in [0.1, 0.15) is 0 Å². The molecule has 29 heavy (non-hydrogen) atoms. The molecule has 1 nitrogen and oxygen atoms in total. The van der Waals surface area contributed by atoms with E-state index in [-0.39, 0.29) is 0 Å². The highest BCUT2D eigenvalue weighted by Gasteiger charge is 2.12. The third-order valence-electron chi connectivity index (χ3n) is 5.54. The lowest BCUT2D eigenvalue weighted by molar-refractivity contribution is 1.34. The first-order valence-electron chi connectivity index (χ1n) is 9.73. The summed E-state index contributed by atoms with van der Waals surface area (Å²) in [4.78, 5) is 4.74. The van der Waals surface area contributed by atoms with Gasteiger partial charge in [0.15, 0.2) is 0 Å². The van der Waals surface area contributed by atoms with E-state index in [1.54, 1.807) is 0 Å². The van der Waals surface area contributed by atoms with Gasteiger partial charge in [-0.2, -0.15) is 0 Å².